The maximum atomic E-state index is 14.9. The Labute approximate surface area is 439 Å². The number of hydrogen-bond donors (Lipinski definition) is 5. The number of cyclic esters (lactones) is 1. The van der Waals surface area contributed by atoms with Crippen LogP contribution in [-0.2, 0) is 44.5 Å². The van der Waals surface area contributed by atoms with Gasteiger partial charge in [0.1, 0.15) is 55.9 Å². The largest absolute Gasteiger partial charge is 0.459 e. The minimum Gasteiger partial charge on any atom is -0.459 e. The average molecular weight is 1050 g/mol. The number of carbonyl (C=O) groups excluding carboxylic acids is 1. The van der Waals surface area contributed by atoms with Crippen molar-refractivity contribution >= 4 is 11.7 Å². The van der Waals surface area contributed by atoms with E-state index in [-0.39, 0.29) is 25.2 Å². The lowest BCUT2D eigenvalue weighted by Crippen LogP contribution is -2.62. The first-order valence-corrected chi connectivity index (χ1v) is 26.5. The quantitative estimate of drug-likeness (QED) is 0.0875. The molecule has 4 heterocycles. The van der Waals surface area contributed by atoms with E-state index in [0.717, 1.165) is 11.1 Å². The summed E-state index contributed by atoms with van der Waals surface area (Å²) in [5.41, 5.74) is -1.61. The van der Waals surface area contributed by atoms with E-state index < -0.39 is 127 Å². The van der Waals surface area contributed by atoms with Gasteiger partial charge in [-0.05, 0) is 105 Å². The first-order valence-electron chi connectivity index (χ1n) is 26.5. The van der Waals surface area contributed by atoms with Gasteiger partial charge < -0.3 is 68.6 Å². The zero-order valence-electron chi connectivity index (χ0n) is 46.9. The fourth-order valence-corrected chi connectivity index (χ4v) is 12.2. The molecule has 3 aliphatic heterocycles. The summed E-state index contributed by atoms with van der Waals surface area (Å²) >= 11 is 0. The molecule has 0 bridgehead atoms. The van der Waals surface area contributed by atoms with Gasteiger partial charge in [-0.3, -0.25) is 4.79 Å². The van der Waals surface area contributed by atoms with E-state index in [1.165, 1.54) is 32.9 Å². The summed E-state index contributed by atoms with van der Waals surface area (Å²) in [5.74, 6) is -3.26. The molecular formula is C54H91FN6O13. The molecule has 3 fully saturated rings. The number of likely N-dealkylation sites (N-methyl/N-ethyl adjacent to an activating group) is 2. The van der Waals surface area contributed by atoms with Gasteiger partial charge in [-0.25, -0.2) is 9.07 Å². The standard InChI is InChI=1S/C54H91FN6O13/c1-17-43-54(11,67)47(63)35(7)60(13)28-30(2)25-52(9,66)49(32(4)44(33(5)50(65)73-43)42-26-53(10,69-15)48(64)36(8)72-42)74-51-45(62)40(24-31(3)71-51)59(12)23-22-39-29-61(58-56-39)41(27-55)46(68-14)38-20-18-37(19-21-38)34(6)57-70-16/h18-21,29-33,35-36,40-49,51,62-64,66-67H,17,22-28H2,1-16H3/b57-34+/t30-,31-,32+,33-,35-,36+,40+,41-,42-,43-,44?,45-,46-,47-,48+,49-,51+,52-,53-,54-/m1/s1. The number of ether oxygens (including phenoxy) is 6. The highest BCUT2D eigenvalue weighted by Crippen LogP contribution is 2.45. The van der Waals surface area contributed by atoms with Crippen molar-refractivity contribution in [1.82, 2.24) is 24.8 Å². The molecular weight excluding hydrogens is 960 g/mol. The molecule has 0 spiro atoms. The van der Waals surface area contributed by atoms with Crippen LogP contribution in [0.25, 0.3) is 0 Å². The summed E-state index contributed by atoms with van der Waals surface area (Å²) in [5, 5.41) is 72.9. The van der Waals surface area contributed by atoms with Gasteiger partial charge in [-0.15, -0.1) is 5.10 Å². The Kier molecular flexibility index (Phi) is 21.6. The number of benzene rings is 1. The Bertz CT molecular complexity index is 2100. The Balaban J connectivity index is 1.44. The van der Waals surface area contributed by atoms with Crippen LogP contribution in [-0.4, -0.2) is 201 Å². The second-order valence-electron chi connectivity index (χ2n) is 22.6. The number of oxime groups is 1. The van der Waals surface area contributed by atoms with Gasteiger partial charge in [0.2, 0.25) is 0 Å². The topological polar surface area (TPSA) is 232 Å². The van der Waals surface area contributed by atoms with Crippen LogP contribution in [0.4, 0.5) is 4.39 Å². The second kappa shape index (κ2) is 25.9. The van der Waals surface area contributed by atoms with Gasteiger partial charge in [0.25, 0.3) is 0 Å². The van der Waals surface area contributed by atoms with Crippen LogP contribution in [0.15, 0.2) is 35.6 Å². The number of rotatable bonds is 16. The van der Waals surface area contributed by atoms with Crippen LogP contribution >= 0.6 is 0 Å². The Morgan fingerprint density at radius 3 is 2.26 bits per heavy atom. The van der Waals surface area contributed by atoms with Crippen molar-refractivity contribution in [2.45, 2.75) is 204 Å². The van der Waals surface area contributed by atoms with Crippen LogP contribution in [0.2, 0.25) is 0 Å². The third-order valence-electron chi connectivity index (χ3n) is 16.7. The number of aromatic nitrogens is 3. The summed E-state index contributed by atoms with van der Waals surface area (Å²) in [7, 11) is 8.27. The highest BCUT2D eigenvalue weighted by Gasteiger charge is 2.55. The maximum Gasteiger partial charge on any atom is 0.309 e. The number of methoxy groups -OCH3 is 2. The monoisotopic (exact) mass is 1050 g/mol. The maximum absolute atomic E-state index is 14.9. The number of nitrogens with zero attached hydrogens (tertiary/aromatic N) is 6. The van der Waals surface area contributed by atoms with Gasteiger partial charge in [-0.2, -0.15) is 0 Å². The first kappa shape index (κ1) is 61.6. The Morgan fingerprint density at radius 2 is 1.66 bits per heavy atom. The average Bonchev–Trinajstić information content (AvgIpc) is 3.83. The highest BCUT2D eigenvalue weighted by atomic mass is 19.1. The van der Waals surface area contributed by atoms with Crippen LogP contribution in [0.3, 0.4) is 0 Å². The number of aliphatic hydroxyl groups is 5. The van der Waals surface area contributed by atoms with E-state index in [1.807, 2.05) is 75.9 Å². The molecule has 2 aromatic rings. The summed E-state index contributed by atoms with van der Waals surface area (Å²) in [6.45, 7) is 19.7. The van der Waals surface area contributed by atoms with Crippen molar-refractivity contribution < 1.29 is 68.0 Å². The lowest BCUT2D eigenvalue weighted by Gasteiger charge is -2.51. The number of halogens is 1. The van der Waals surface area contributed by atoms with Gasteiger partial charge in [-0.1, -0.05) is 62.3 Å². The minimum absolute atomic E-state index is 0.170. The molecule has 0 radical (unpaired) electrons. The van der Waals surface area contributed by atoms with Crippen molar-refractivity contribution in [2.75, 3.05) is 55.2 Å². The van der Waals surface area contributed by atoms with Crippen molar-refractivity contribution in [3.8, 4) is 0 Å². The van der Waals surface area contributed by atoms with E-state index in [1.54, 1.807) is 47.7 Å². The molecule has 5 rings (SSSR count). The fraction of sp³-hybridized carbons (Fsp3) is 0.815. The highest BCUT2D eigenvalue weighted by molar-refractivity contribution is 5.98. The molecule has 5 N–H and O–H groups in total. The lowest BCUT2D eigenvalue weighted by atomic mass is 9.68. The molecule has 422 valence electrons. The van der Waals surface area contributed by atoms with Gasteiger partial charge in [0.05, 0.1) is 52.9 Å². The van der Waals surface area contributed by atoms with E-state index in [2.05, 4.69) is 15.5 Å². The normalized spacial score (nSPS) is 39.5. The zero-order chi connectivity index (χ0) is 55.2. The van der Waals surface area contributed by atoms with E-state index in [4.69, 9.17) is 33.3 Å². The molecule has 1 aromatic carbocycles. The van der Waals surface area contributed by atoms with Crippen molar-refractivity contribution in [3.63, 3.8) is 0 Å². The predicted octanol–water partition coefficient (Wildman–Crippen LogP) is 4.65. The Hall–Kier alpha value is -3.25. The molecule has 19 nitrogen and oxygen atoms in total. The molecule has 3 saturated heterocycles. The van der Waals surface area contributed by atoms with Gasteiger partial charge >= 0.3 is 5.97 Å². The van der Waals surface area contributed by atoms with E-state index in [9.17, 15) is 34.7 Å². The molecule has 20 heteroatoms. The predicted molar refractivity (Wildman–Crippen MR) is 276 cm³/mol. The number of hydrogen-bond acceptors (Lipinski definition) is 18. The third kappa shape index (κ3) is 13.9. The zero-order valence-corrected chi connectivity index (χ0v) is 46.9. The van der Waals surface area contributed by atoms with Crippen molar-refractivity contribution in [1.29, 1.82) is 0 Å². The molecule has 0 saturated carbocycles. The summed E-state index contributed by atoms with van der Waals surface area (Å²) in [6.07, 6.45) is -6.29. The lowest BCUT2D eigenvalue weighted by molar-refractivity contribution is -0.302. The van der Waals surface area contributed by atoms with Crippen molar-refractivity contribution in [2.24, 2.45) is 28.8 Å². The van der Waals surface area contributed by atoms with Crippen molar-refractivity contribution in [3.05, 3.63) is 47.3 Å². The molecule has 74 heavy (non-hydrogen) atoms. The third-order valence-corrected chi connectivity index (χ3v) is 16.7. The van der Waals surface area contributed by atoms with Crippen LogP contribution in [0, 0.1) is 23.7 Å². The first-order chi connectivity index (χ1) is 34.7. The molecule has 3 aliphatic rings. The number of esters is 1. The number of carbonyl (C=O) groups is 1. The second-order valence-corrected chi connectivity index (χ2v) is 22.6. The Morgan fingerprint density at radius 1 is 1.00 bits per heavy atom. The summed E-state index contributed by atoms with van der Waals surface area (Å²) < 4.78 is 54.4. The SMILES string of the molecule is CC[C@H]1OC(=O)[C@H](C)C([C@H]2C[C@@](C)(OC)[C@@H](O)[C@H](C)O2)[C@H](C)[C@@H](O[C@@H]2O[C@H](C)C[C@H](N(C)CCc3cn([C@H](CF)[C@H](OC)c4ccc(/C(C)=N/OC)cc4)nn3)[C@H]2O)[C@](C)(O)C[C@@H](C)CN(C)[C@H](C)[C@@H](O)[C@]1(C)O. The van der Waals surface area contributed by atoms with Crippen LogP contribution < -0.4 is 0 Å². The number of aliphatic hydroxyl groups excluding tert-OH is 3. The van der Waals surface area contributed by atoms with Crippen LogP contribution in [0.5, 0.6) is 0 Å². The minimum atomic E-state index is -1.83. The molecule has 1 unspecified atom stereocenters. The van der Waals surface area contributed by atoms with Gasteiger partial charge in [0.15, 0.2) is 6.29 Å². The summed E-state index contributed by atoms with van der Waals surface area (Å²) in [4.78, 5) is 23.5. The van der Waals surface area contributed by atoms with Crippen LogP contribution in [0.1, 0.15) is 131 Å². The molecule has 0 aliphatic carbocycles. The molecule has 1 aromatic heterocycles. The van der Waals surface area contributed by atoms with E-state index >= 15 is 0 Å². The van der Waals surface area contributed by atoms with E-state index in [0.29, 0.717) is 37.3 Å². The fourth-order valence-electron chi connectivity index (χ4n) is 12.2. The molecule has 0 amide bonds. The smallest absolute Gasteiger partial charge is 0.309 e. The summed E-state index contributed by atoms with van der Waals surface area (Å²) in [6, 6.07) is 5.62. The number of alkyl halides is 1. The molecule has 20 atom stereocenters. The van der Waals surface area contributed by atoms with Gasteiger partial charge in [0, 0.05) is 64.3 Å².